The Morgan fingerprint density at radius 2 is 1.57 bits per heavy atom. The molecule has 1 aromatic rings. The molecule has 132 valence electrons. The normalized spacial score (nSPS) is 13.0. The zero-order chi connectivity index (χ0) is 17.3. The molecule has 0 spiro atoms. The van der Waals surface area contributed by atoms with Crippen LogP contribution in [0.1, 0.15) is 11.6 Å². The van der Waals surface area contributed by atoms with Crippen molar-refractivity contribution in [2.45, 2.75) is 18.1 Å². The fourth-order valence-corrected chi connectivity index (χ4v) is 1.66. The lowest BCUT2D eigenvalue weighted by Gasteiger charge is -2.26. The fraction of sp³-hybridized carbons (Fsp3) is 0.455. The van der Waals surface area contributed by atoms with E-state index in [1.165, 1.54) is 0 Å². The highest BCUT2D eigenvalue weighted by Crippen LogP contribution is 2.47. The van der Waals surface area contributed by atoms with E-state index < -0.39 is 34.3 Å². The van der Waals surface area contributed by atoms with Crippen molar-refractivity contribution in [1.82, 2.24) is 0 Å². The summed E-state index contributed by atoms with van der Waals surface area (Å²) in [6.45, 7) is 0. The molecule has 0 saturated heterocycles. The number of nitrogens with zero attached hydrogens (tertiary/aromatic N) is 1. The molecular formula is C11H12ClF5N2O4. The molecule has 0 saturated carbocycles. The average molecular weight is 367 g/mol. The summed E-state index contributed by atoms with van der Waals surface area (Å²) in [5.74, 6) is -5.84. The fourth-order valence-electron chi connectivity index (χ4n) is 1.66. The van der Waals surface area contributed by atoms with Crippen LogP contribution in [-0.2, 0) is 0 Å². The van der Waals surface area contributed by atoms with Crippen LogP contribution in [0.2, 0.25) is 0 Å². The van der Waals surface area contributed by atoms with Crippen LogP contribution in [0.3, 0.4) is 0 Å². The van der Waals surface area contributed by atoms with Crippen LogP contribution in [0.15, 0.2) is 12.1 Å². The van der Waals surface area contributed by atoms with Crippen molar-refractivity contribution in [3.63, 3.8) is 0 Å². The minimum atomic E-state index is -5.96. The Morgan fingerprint density at radius 1 is 1.13 bits per heavy atom. The summed E-state index contributed by atoms with van der Waals surface area (Å²) in [6, 6.07) is -1.69. The topological polar surface area (TPSA) is 87.6 Å². The van der Waals surface area contributed by atoms with Gasteiger partial charge in [0.15, 0.2) is 11.5 Å². The van der Waals surface area contributed by atoms with Gasteiger partial charge in [-0.05, 0) is 6.07 Å². The Balaban J connectivity index is 0.00000484. The molecule has 0 heterocycles. The lowest BCUT2D eigenvalue weighted by molar-refractivity contribution is -0.386. The van der Waals surface area contributed by atoms with Crippen molar-refractivity contribution in [3.05, 3.63) is 27.8 Å². The molecule has 12 heteroatoms. The minimum Gasteiger partial charge on any atom is -0.493 e. The summed E-state index contributed by atoms with van der Waals surface area (Å²) >= 11 is 0. The highest BCUT2D eigenvalue weighted by molar-refractivity contribution is 5.85. The smallest absolute Gasteiger partial charge is 0.455 e. The van der Waals surface area contributed by atoms with Gasteiger partial charge in [-0.25, -0.2) is 0 Å². The number of halogens is 6. The molecule has 0 fully saturated rings. The standard InChI is InChI=1S/C11H11F5N2O4.ClH/c1-21-7-3-5(6(18(19)20)4-8(7)22-2)9(17)10(12,13)11(14,15)16;/h3-4,9H,17H2,1-2H3;1H/t9-;/m1./s1. The highest BCUT2D eigenvalue weighted by Gasteiger charge is 2.62. The Bertz CT molecular complexity index is 582. The lowest BCUT2D eigenvalue weighted by Crippen LogP contribution is -2.46. The van der Waals surface area contributed by atoms with E-state index in [0.717, 1.165) is 14.2 Å². The molecule has 0 unspecified atom stereocenters. The van der Waals surface area contributed by atoms with Gasteiger partial charge in [0.05, 0.1) is 30.8 Å². The van der Waals surface area contributed by atoms with Crippen molar-refractivity contribution in [2.24, 2.45) is 5.73 Å². The first kappa shape index (κ1) is 21.1. The largest absolute Gasteiger partial charge is 0.493 e. The van der Waals surface area contributed by atoms with Gasteiger partial charge >= 0.3 is 12.1 Å². The molecular weight excluding hydrogens is 355 g/mol. The van der Waals surface area contributed by atoms with Gasteiger partial charge in [0, 0.05) is 0 Å². The number of nitro groups is 1. The number of nitrogens with two attached hydrogens (primary N) is 1. The molecule has 0 bridgehead atoms. The van der Waals surface area contributed by atoms with E-state index in [9.17, 15) is 32.1 Å². The van der Waals surface area contributed by atoms with E-state index in [4.69, 9.17) is 15.2 Å². The molecule has 2 N–H and O–H groups in total. The van der Waals surface area contributed by atoms with Crippen molar-refractivity contribution in [1.29, 1.82) is 0 Å². The van der Waals surface area contributed by atoms with E-state index in [1.807, 2.05) is 0 Å². The van der Waals surface area contributed by atoms with Gasteiger partial charge in [0.1, 0.15) is 6.04 Å². The second kappa shape index (κ2) is 7.13. The van der Waals surface area contributed by atoms with Gasteiger partial charge < -0.3 is 15.2 Å². The van der Waals surface area contributed by atoms with E-state index in [-0.39, 0.29) is 23.9 Å². The second-order valence-corrected chi connectivity index (χ2v) is 4.12. The molecule has 23 heavy (non-hydrogen) atoms. The van der Waals surface area contributed by atoms with Crippen LogP contribution in [0, 0.1) is 10.1 Å². The summed E-state index contributed by atoms with van der Waals surface area (Å²) < 4.78 is 73.2. The molecule has 0 aliphatic rings. The van der Waals surface area contributed by atoms with Crippen LogP contribution < -0.4 is 15.2 Å². The molecule has 1 atom stereocenters. The van der Waals surface area contributed by atoms with Gasteiger partial charge in [-0.3, -0.25) is 10.1 Å². The van der Waals surface area contributed by atoms with Crippen molar-refractivity contribution in [2.75, 3.05) is 14.2 Å². The first-order chi connectivity index (χ1) is 9.97. The number of hydrogen-bond acceptors (Lipinski definition) is 5. The zero-order valence-electron chi connectivity index (χ0n) is 11.7. The number of hydrogen-bond donors (Lipinski definition) is 1. The molecule has 0 radical (unpaired) electrons. The molecule has 0 aliphatic carbocycles. The number of alkyl halides is 5. The Labute approximate surface area is 132 Å². The van der Waals surface area contributed by atoms with Crippen molar-refractivity contribution < 1.29 is 36.3 Å². The van der Waals surface area contributed by atoms with E-state index in [0.29, 0.717) is 12.1 Å². The summed E-state index contributed by atoms with van der Waals surface area (Å²) in [5.41, 5.74) is 2.89. The van der Waals surface area contributed by atoms with Gasteiger partial charge in [-0.15, -0.1) is 12.4 Å². The van der Waals surface area contributed by atoms with Gasteiger partial charge in [0.25, 0.3) is 5.69 Å². The number of nitro benzene ring substituents is 1. The molecule has 1 aromatic carbocycles. The third kappa shape index (κ3) is 3.91. The first-order valence-corrected chi connectivity index (χ1v) is 5.57. The summed E-state index contributed by atoms with van der Waals surface area (Å²) in [4.78, 5) is 9.76. The van der Waals surface area contributed by atoms with Gasteiger partial charge in [-0.1, -0.05) is 0 Å². The van der Waals surface area contributed by atoms with E-state index in [2.05, 4.69) is 0 Å². The molecule has 0 aromatic heterocycles. The molecule has 1 rings (SSSR count). The summed E-state index contributed by atoms with van der Waals surface area (Å²) in [5, 5.41) is 10.9. The van der Waals surface area contributed by atoms with E-state index in [1.54, 1.807) is 0 Å². The first-order valence-electron chi connectivity index (χ1n) is 5.57. The molecule has 6 nitrogen and oxygen atoms in total. The van der Waals surface area contributed by atoms with Crippen LogP contribution in [-0.4, -0.2) is 31.2 Å². The predicted octanol–water partition coefficient (Wildman–Crippen LogP) is 3.23. The maximum absolute atomic E-state index is 13.3. The monoisotopic (exact) mass is 366 g/mol. The summed E-state index contributed by atoms with van der Waals surface area (Å²) in [7, 11) is 2.20. The SMILES string of the molecule is COc1cc([C@@H](N)C(F)(F)C(F)(F)F)c([N+](=O)[O-])cc1OC.Cl. The number of methoxy groups -OCH3 is 2. The van der Waals surface area contributed by atoms with Crippen LogP contribution in [0.25, 0.3) is 0 Å². The average Bonchev–Trinajstić information content (AvgIpc) is 2.43. The maximum atomic E-state index is 13.3. The molecule has 0 aliphatic heterocycles. The van der Waals surface area contributed by atoms with Crippen molar-refractivity contribution in [3.8, 4) is 11.5 Å². The van der Waals surface area contributed by atoms with Crippen LogP contribution in [0.4, 0.5) is 27.6 Å². The second-order valence-electron chi connectivity index (χ2n) is 4.12. The maximum Gasteiger partial charge on any atom is 0.455 e. The van der Waals surface area contributed by atoms with Gasteiger partial charge in [0.2, 0.25) is 0 Å². The zero-order valence-corrected chi connectivity index (χ0v) is 12.5. The third-order valence-corrected chi connectivity index (χ3v) is 2.83. The van der Waals surface area contributed by atoms with Crippen LogP contribution >= 0.6 is 12.4 Å². The number of benzene rings is 1. The van der Waals surface area contributed by atoms with Crippen LogP contribution in [0.5, 0.6) is 11.5 Å². The number of ether oxygens (including phenoxy) is 2. The number of rotatable bonds is 5. The Morgan fingerprint density at radius 3 is 1.91 bits per heavy atom. The Hall–Kier alpha value is -1.88. The summed E-state index contributed by atoms with van der Waals surface area (Å²) in [6.07, 6.45) is -5.96. The third-order valence-electron chi connectivity index (χ3n) is 2.83. The quantitative estimate of drug-likeness (QED) is 0.491. The predicted molar refractivity (Wildman–Crippen MR) is 71.4 cm³/mol. The minimum absolute atomic E-state index is 0. The highest BCUT2D eigenvalue weighted by atomic mass is 35.5. The lowest BCUT2D eigenvalue weighted by atomic mass is 9.98. The molecule has 0 amide bonds. The van der Waals surface area contributed by atoms with Gasteiger partial charge in [-0.2, -0.15) is 22.0 Å². The van der Waals surface area contributed by atoms with Crippen molar-refractivity contribution >= 4 is 18.1 Å². The van der Waals surface area contributed by atoms with E-state index >= 15 is 0 Å². The Kier molecular flexibility index (Phi) is 6.55.